The number of para-hydroxylation sites is 1. The van der Waals surface area contributed by atoms with E-state index in [2.05, 4.69) is 10.2 Å². The number of carbonyl (C=O) groups is 1. The Morgan fingerprint density at radius 3 is 2.62 bits per heavy atom. The molecule has 0 aliphatic rings. The molecule has 2 rings (SSSR count). The predicted molar refractivity (Wildman–Crippen MR) is 101 cm³/mol. The van der Waals surface area contributed by atoms with Crippen LogP contribution in [0.25, 0.3) is 0 Å². The van der Waals surface area contributed by atoms with Gasteiger partial charge in [0.25, 0.3) is 11.6 Å². The van der Waals surface area contributed by atoms with Crippen molar-refractivity contribution < 1.29 is 14.5 Å². The van der Waals surface area contributed by atoms with Gasteiger partial charge in [0.2, 0.25) is 0 Å². The van der Waals surface area contributed by atoms with Crippen LogP contribution in [0.1, 0.15) is 12.0 Å². The van der Waals surface area contributed by atoms with E-state index >= 15 is 0 Å². The van der Waals surface area contributed by atoms with E-state index in [4.69, 9.17) is 4.74 Å². The van der Waals surface area contributed by atoms with Gasteiger partial charge in [0.1, 0.15) is 5.75 Å². The number of anilines is 1. The molecule has 0 spiro atoms. The van der Waals surface area contributed by atoms with Crippen molar-refractivity contribution in [3.63, 3.8) is 0 Å². The fourth-order valence-corrected chi connectivity index (χ4v) is 2.48. The number of nitro groups is 1. The Morgan fingerprint density at radius 2 is 1.96 bits per heavy atom. The molecule has 0 aromatic heterocycles. The van der Waals surface area contributed by atoms with Crippen molar-refractivity contribution in [2.24, 2.45) is 0 Å². The van der Waals surface area contributed by atoms with Gasteiger partial charge in [-0.1, -0.05) is 18.2 Å². The second-order valence-corrected chi connectivity index (χ2v) is 5.95. The maximum absolute atomic E-state index is 11.8. The van der Waals surface area contributed by atoms with Crippen molar-refractivity contribution in [1.29, 1.82) is 0 Å². The lowest BCUT2D eigenvalue weighted by Gasteiger charge is -2.19. The number of rotatable bonds is 9. The van der Waals surface area contributed by atoms with Crippen LogP contribution in [-0.2, 0) is 4.79 Å². The molecule has 2 aromatic carbocycles. The summed E-state index contributed by atoms with van der Waals surface area (Å²) in [5, 5.41) is 13.6. The van der Waals surface area contributed by atoms with E-state index in [1.807, 2.05) is 37.4 Å². The van der Waals surface area contributed by atoms with Crippen molar-refractivity contribution in [1.82, 2.24) is 5.32 Å². The summed E-state index contributed by atoms with van der Waals surface area (Å²) in [6.45, 7) is 2.89. The first-order valence-electron chi connectivity index (χ1n) is 8.38. The van der Waals surface area contributed by atoms with Gasteiger partial charge in [-0.2, -0.15) is 0 Å². The number of hydrogen-bond acceptors (Lipinski definition) is 5. The fraction of sp³-hybridized carbons (Fsp3) is 0.316. The van der Waals surface area contributed by atoms with Crippen LogP contribution in [0.5, 0.6) is 5.75 Å². The third kappa shape index (κ3) is 5.77. The number of amides is 1. The van der Waals surface area contributed by atoms with Gasteiger partial charge in [-0.05, 0) is 37.6 Å². The normalized spacial score (nSPS) is 10.2. The molecule has 2 aromatic rings. The summed E-state index contributed by atoms with van der Waals surface area (Å²) in [7, 11) is 2.01. The molecule has 0 atom stereocenters. The molecule has 26 heavy (non-hydrogen) atoms. The smallest absolute Gasteiger partial charge is 0.272 e. The zero-order chi connectivity index (χ0) is 18.9. The zero-order valence-electron chi connectivity index (χ0n) is 15.0. The van der Waals surface area contributed by atoms with Crippen LogP contribution >= 0.6 is 0 Å². The standard InChI is InChI=1S/C19H23N3O4/c1-15-13-17(9-10-18(15)22(24)25)26-14-19(23)20-11-6-12-21(2)16-7-4-3-5-8-16/h3-5,7-10,13H,6,11-12,14H2,1-2H3,(H,20,23). The molecule has 0 fully saturated rings. The minimum atomic E-state index is -0.446. The summed E-state index contributed by atoms with van der Waals surface area (Å²) in [5.41, 5.74) is 1.66. The molecule has 0 bridgehead atoms. The molecule has 7 heteroatoms. The van der Waals surface area contributed by atoms with Crippen molar-refractivity contribution in [3.8, 4) is 5.75 Å². The predicted octanol–water partition coefficient (Wildman–Crippen LogP) is 2.92. The number of aryl methyl sites for hydroxylation is 1. The van der Waals surface area contributed by atoms with Crippen LogP contribution in [0.2, 0.25) is 0 Å². The average molecular weight is 357 g/mol. The maximum Gasteiger partial charge on any atom is 0.272 e. The van der Waals surface area contributed by atoms with E-state index in [1.54, 1.807) is 13.0 Å². The highest BCUT2D eigenvalue weighted by molar-refractivity contribution is 5.77. The fourth-order valence-electron chi connectivity index (χ4n) is 2.48. The largest absolute Gasteiger partial charge is 0.484 e. The van der Waals surface area contributed by atoms with Crippen LogP contribution in [0, 0.1) is 17.0 Å². The molecule has 0 heterocycles. The number of nitrogens with one attached hydrogen (secondary N) is 1. The van der Waals surface area contributed by atoms with Crippen molar-refractivity contribution in [3.05, 3.63) is 64.2 Å². The summed E-state index contributed by atoms with van der Waals surface area (Å²) in [4.78, 5) is 24.3. The molecule has 1 N–H and O–H groups in total. The Bertz CT molecular complexity index is 750. The lowest BCUT2D eigenvalue weighted by molar-refractivity contribution is -0.385. The molecule has 0 radical (unpaired) electrons. The Morgan fingerprint density at radius 1 is 1.23 bits per heavy atom. The first-order valence-corrected chi connectivity index (χ1v) is 8.38. The van der Waals surface area contributed by atoms with E-state index in [0.29, 0.717) is 17.9 Å². The van der Waals surface area contributed by atoms with Crippen molar-refractivity contribution in [2.75, 3.05) is 31.6 Å². The molecule has 0 unspecified atom stereocenters. The molecule has 1 amide bonds. The topological polar surface area (TPSA) is 84.7 Å². The summed E-state index contributed by atoms with van der Waals surface area (Å²) in [6, 6.07) is 14.5. The first-order chi connectivity index (χ1) is 12.5. The van der Waals surface area contributed by atoms with Crippen molar-refractivity contribution >= 4 is 17.3 Å². The summed E-state index contributed by atoms with van der Waals surface area (Å²) >= 11 is 0. The van der Waals surface area contributed by atoms with Gasteiger partial charge in [0.05, 0.1) is 4.92 Å². The van der Waals surface area contributed by atoms with E-state index in [1.165, 1.54) is 12.1 Å². The van der Waals surface area contributed by atoms with Gasteiger partial charge in [-0.3, -0.25) is 14.9 Å². The van der Waals surface area contributed by atoms with Gasteiger partial charge in [-0.25, -0.2) is 0 Å². The highest BCUT2D eigenvalue weighted by Crippen LogP contribution is 2.22. The number of benzene rings is 2. The SMILES string of the molecule is Cc1cc(OCC(=O)NCCCN(C)c2ccccc2)ccc1[N+](=O)[O-]. The molecule has 7 nitrogen and oxygen atoms in total. The minimum Gasteiger partial charge on any atom is -0.484 e. The Balaban J connectivity index is 1.68. The van der Waals surface area contributed by atoms with Crippen LogP contribution < -0.4 is 15.0 Å². The molecule has 0 saturated heterocycles. The maximum atomic E-state index is 11.8. The molecule has 0 aliphatic heterocycles. The Labute approximate surface area is 152 Å². The van der Waals surface area contributed by atoms with E-state index in [9.17, 15) is 14.9 Å². The van der Waals surface area contributed by atoms with E-state index in [-0.39, 0.29) is 18.2 Å². The van der Waals surface area contributed by atoms with E-state index < -0.39 is 4.92 Å². The van der Waals surface area contributed by atoms with Gasteiger partial charge >= 0.3 is 0 Å². The summed E-state index contributed by atoms with van der Waals surface area (Å²) < 4.78 is 5.39. The van der Waals surface area contributed by atoms with E-state index in [0.717, 1.165) is 18.7 Å². The van der Waals surface area contributed by atoms with Gasteiger partial charge in [0, 0.05) is 37.5 Å². The average Bonchev–Trinajstić information content (AvgIpc) is 2.63. The number of nitrogens with zero attached hydrogens (tertiary/aromatic N) is 2. The minimum absolute atomic E-state index is 0.0318. The first kappa shape index (κ1) is 19.2. The highest BCUT2D eigenvalue weighted by atomic mass is 16.6. The third-order valence-corrected chi connectivity index (χ3v) is 3.92. The lowest BCUT2D eigenvalue weighted by Crippen LogP contribution is -2.31. The van der Waals surface area contributed by atoms with Gasteiger partial charge in [0.15, 0.2) is 6.61 Å². The molecular weight excluding hydrogens is 334 g/mol. The molecule has 0 aliphatic carbocycles. The third-order valence-electron chi connectivity index (χ3n) is 3.92. The molecular formula is C19H23N3O4. The van der Waals surface area contributed by atoms with Crippen LogP contribution in [0.4, 0.5) is 11.4 Å². The molecule has 138 valence electrons. The molecule has 0 saturated carbocycles. The van der Waals surface area contributed by atoms with Crippen LogP contribution in [0.15, 0.2) is 48.5 Å². The Kier molecular flexibility index (Phi) is 6.96. The van der Waals surface area contributed by atoms with Gasteiger partial charge < -0.3 is 15.0 Å². The number of nitro benzene ring substituents is 1. The van der Waals surface area contributed by atoms with Crippen LogP contribution in [-0.4, -0.2) is 37.6 Å². The van der Waals surface area contributed by atoms with Crippen molar-refractivity contribution in [2.45, 2.75) is 13.3 Å². The number of hydrogen-bond donors (Lipinski definition) is 1. The quantitative estimate of drug-likeness (QED) is 0.424. The van der Waals surface area contributed by atoms with Gasteiger partial charge in [-0.15, -0.1) is 0 Å². The Hall–Kier alpha value is -3.09. The highest BCUT2D eigenvalue weighted by Gasteiger charge is 2.11. The monoisotopic (exact) mass is 357 g/mol. The lowest BCUT2D eigenvalue weighted by atomic mass is 10.2. The number of carbonyl (C=O) groups excluding carboxylic acids is 1. The van der Waals surface area contributed by atoms with Crippen LogP contribution in [0.3, 0.4) is 0 Å². The number of ether oxygens (including phenoxy) is 1. The second kappa shape index (κ2) is 9.41. The zero-order valence-corrected chi connectivity index (χ0v) is 15.0. The second-order valence-electron chi connectivity index (χ2n) is 5.95. The summed E-state index contributed by atoms with van der Waals surface area (Å²) in [5.74, 6) is 0.218. The summed E-state index contributed by atoms with van der Waals surface area (Å²) in [6.07, 6.45) is 0.813.